The van der Waals surface area contributed by atoms with Crippen LogP contribution in [0.5, 0.6) is 0 Å². The van der Waals surface area contributed by atoms with Crippen LogP contribution in [0.1, 0.15) is 156 Å². The van der Waals surface area contributed by atoms with Gasteiger partial charge in [0.25, 0.3) is 0 Å². The summed E-state index contributed by atoms with van der Waals surface area (Å²) in [5.41, 5.74) is 11.6. The van der Waals surface area contributed by atoms with Crippen LogP contribution in [0.4, 0.5) is 0 Å². The van der Waals surface area contributed by atoms with Crippen LogP contribution in [0, 0.1) is 0 Å². The molecule has 2 bridgehead atoms. The maximum Gasteiger partial charge on any atom is 0.338 e. The minimum Gasteiger partial charge on any atom is -0.454 e. The van der Waals surface area contributed by atoms with Crippen molar-refractivity contribution in [2.45, 2.75) is 129 Å². The van der Waals surface area contributed by atoms with Crippen molar-refractivity contribution in [1.29, 1.82) is 0 Å². The number of hydrogen-bond donors (Lipinski definition) is 0. The standard InChI is InChI=1S/C46H54O4/c1-5-9-19-33-27-37-38(28-34(33)20-10-6-2)42-40-30-36(22-12-8-4)35(21-11-7-3)29-39(40)41(37)43(49-45(47)31-23-15-13-16-24-31)44(42)50-46(48)32-25-17-14-18-26-32/h13-18,23-30,41-44H,5-12,19-22H2,1-4H3. The summed E-state index contributed by atoms with van der Waals surface area (Å²) in [5, 5.41) is 0. The number of carbonyl (C=O) groups is 2. The van der Waals surface area contributed by atoms with Crippen molar-refractivity contribution in [2.24, 2.45) is 0 Å². The van der Waals surface area contributed by atoms with Gasteiger partial charge < -0.3 is 9.47 Å². The summed E-state index contributed by atoms with van der Waals surface area (Å²) < 4.78 is 13.2. The molecule has 3 aliphatic carbocycles. The predicted octanol–water partition coefficient (Wildman–Crippen LogP) is 11.1. The van der Waals surface area contributed by atoms with Gasteiger partial charge in [-0.2, -0.15) is 0 Å². The number of carbonyl (C=O) groups excluding carboxylic acids is 2. The van der Waals surface area contributed by atoms with Gasteiger partial charge in [0.05, 0.1) is 23.0 Å². The van der Waals surface area contributed by atoms with Crippen molar-refractivity contribution < 1.29 is 19.1 Å². The third-order valence-electron chi connectivity index (χ3n) is 10.8. The molecular weight excluding hydrogens is 617 g/mol. The van der Waals surface area contributed by atoms with E-state index in [1.165, 1.54) is 44.5 Å². The van der Waals surface area contributed by atoms with E-state index in [0.717, 1.165) is 77.0 Å². The van der Waals surface area contributed by atoms with Gasteiger partial charge in [-0.25, -0.2) is 9.59 Å². The van der Waals surface area contributed by atoms with Crippen molar-refractivity contribution in [1.82, 2.24) is 0 Å². The van der Waals surface area contributed by atoms with Crippen molar-refractivity contribution in [3.63, 3.8) is 0 Å². The number of rotatable bonds is 16. The second-order valence-electron chi connectivity index (χ2n) is 14.3. The third-order valence-corrected chi connectivity index (χ3v) is 10.8. The zero-order chi connectivity index (χ0) is 35.0. The van der Waals surface area contributed by atoms with Gasteiger partial charge in [0.2, 0.25) is 0 Å². The van der Waals surface area contributed by atoms with Crippen molar-refractivity contribution >= 4 is 11.9 Å². The highest BCUT2D eigenvalue weighted by Gasteiger charge is 2.54. The second-order valence-corrected chi connectivity index (χ2v) is 14.3. The van der Waals surface area contributed by atoms with E-state index in [2.05, 4.69) is 52.0 Å². The van der Waals surface area contributed by atoms with E-state index >= 15 is 0 Å². The largest absolute Gasteiger partial charge is 0.454 e. The maximum atomic E-state index is 13.9. The van der Waals surface area contributed by atoms with Crippen LogP contribution in [0.2, 0.25) is 0 Å². The van der Waals surface area contributed by atoms with E-state index in [1.54, 1.807) is 24.3 Å². The van der Waals surface area contributed by atoms with Gasteiger partial charge in [-0.3, -0.25) is 0 Å². The molecule has 2 unspecified atom stereocenters. The lowest BCUT2D eigenvalue weighted by Crippen LogP contribution is -2.51. The molecule has 0 saturated heterocycles. The molecule has 0 saturated carbocycles. The van der Waals surface area contributed by atoms with E-state index < -0.39 is 12.2 Å². The minimum absolute atomic E-state index is 0.243. The molecule has 7 rings (SSSR count). The molecule has 3 aliphatic rings. The van der Waals surface area contributed by atoms with E-state index in [-0.39, 0.29) is 23.8 Å². The first-order chi connectivity index (χ1) is 24.5. The first-order valence-corrected chi connectivity index (χ1v) is 19.3. The molecule has 2 atom stereocenters. The lowest BCUT2D eigenvalue weighted by molar-refractivity contribution is -0.0558. The van der Waals surface area contributed by atoms with Crippen LogP contribution in [-0.4, -0.2) is 24.1 Å². The summed E-state index contributed by atoms with van der Waals surface area (Å²) in [6, 6.07) is 28.2. The first-order valence-electron chi connectivity index (χ1n) is 19.3. The van der Waals surface area contributed by atoms with Gasteiger partial charge in [0, 0.05) is 0 Å². The molecule has 0 fully saturated rings. The molecule has 0 heterocycles. The molecule has 4 heteroatoms. The molecule has 4 nitrogen and oxygen atoms in total. The van der Waals surface area contributed by atoms with Crippen LogP contribution in [0.15, 0.2) is 84.9 Å². The highest BCUT2D eigenvalue weighted by Crippen LogP contribution is 2.56. The van der Waals surface area contributed by atoms with Gasteiger partial charge in [0.1, 0.15) is 0 Å². The van der Waals surface area contributed by atoms with Crippen LogP contribution < -0.4 is 0 Å². The molecule has 0 amide bonds. The SMILES string of the molecule is CCCCc1cc2c(cc1CCCC)C1c3cc(CCCC)c(CCCC)cc3C2C(OC(=O)c2ccccc2)C1OC(=O)c1ccccc1. The quantitative estimate of drug-likeness (QED) is 0.111. The van der Waals surface area contributed by atoms with E-state index in [9.17, 15) is 9.59 Å². The molecule has 0 radical (unpaired) electrons. The predicted molar refractivity (Wildman–Crippen MR) is 202 cm³/mol. The molecule has 262 valence electrons. The van der Waals surface area contributed by atoms with Crippen molar-refractivity contribution in [3.8, 4) is 0 Å². The molecule has 0 aromatic heterocycles. The molecule has 4 aromatic carbocycles. The summed E-state index contributed by atoms with van der Waals surface area (Å²) in [6.07, 6.45) is 11.9. The smallest absolute Gasteiger partial charge is 0.338 e. The van der Waals surface area contributed by atoms with Crippen LogP contribution >= 0.6 is 0 Å². The third kappa shape index (κ3) is 7.45. The Kier molecular flexibility index (Phi) is 11.9. The van der Waals surface area contributed by atoms with Gasteiger partial charge in [-0.1, -0.05) is 114 Å². The highest BCUT2D eigenvalue weighted by molar-refractivity contribution is 5.91. The molecule has 4 aromatic rings. The zero-order valence-electron chi connectivity index (χ0n) is 30.5. The minimum atomic E-state index is -0.665. The summed E-state index contributed by atoms with van der Waals surface area (Å²) in [4.78, 5) is 27.8. The van der Waals surface area contributed by atoms with E-state index in [4.69, 9.17) is 9.47 Å². The average molecular weight is 671 g/mol. The summed E-state index contributed by atoms with van der Waals surface area (Å²) >= 11 is 0. The number of benzene rings is 4. The normalized spacial score (nSPS) is 18.7. The van der Waals surface area contributed by atoms with Crippen LogP contribution in [0.25, 0.3) is 0 Å². The molecule has 0 aliphatic heterocycles. The van der Waals surface area contributed by atoms with Crippen LogP contribution in [-0.2, 0) is 35.2 Å². The number of unbranched alkanes of at least 4 members (excludes halogenated alkanes) is 4. The van der Waals surface area contributed by atoms with E-state index in [1.807, 2.05) is 36.4 Å². The van der Waals surface area contributed by atoms with Gasteiger partial charge in [0.15, 0.2) is 12.2 Å². The second kappa shape index (κ2) is 16.7. The summed E-state index contributed by atoms with van der Waals surface area (Å²) in [5.74, 6) is -1.26. The molecule has 0 spiro atoms. The Labute approximate surface area is 299 Å². The van der Waals surface area contributed by atoms with Gasteiger partial charge in [-0.05, 0) is 120 Å². The maximum absolute atomic E-state index is 13.9. The summed E-state index contributed by atoms with van der Waals surface area (Å²) in [6.45, 7) is 9.00. The summed E-state index contributed by atoms with van der Waals surface area (Å²) in [7, 11) is 0. The van der Waals surface area contributed by atoms with Crippen molar-refractivity contribution in [2.75, 3.05) is 0 Å². The number of esters is 2. The first kappa shape index (κ1) is 35.6. The molecular formula is C46H54O4. The fourth-order valence-electron chi connectivity index (χ4n) is 8.16. The molecule has 0 N–H and O–H groups in total. The fraction of sp³-hybridized carbons (Fsp3) is 0.435. The Morgan fingerprint density at radius 3 is 1.00 bits per heavy atom. The Bertz CT molecular complexity index is 1560. The number of hydrogen-bond acceptors (Lipinski definition) is 4. The monoisotopic (exact) mass is 670 g/mol. The average Bonchev–Trinajstić information content (AvgIpc) is 3.15. The highest BCUT2D eigenvalue weighted by atomic mass is 16.6. The number of aryl methyl sites for hydroxylation is 4. The fourth-order valence-corrected chi connectivity index (χ4v) is 8.16. The Morgan fingerprint density at radius 2 is 0.740 bits per heavy atom. The van der Waals surface area contributed by atoms with Crippen molar-refractivity contribution in [3.05, 3.63) is 141 Å². The lowest BCUT2D eigenvalue weighted by atomic mass is 9.59. The topological polar surface area (TPSA) is 52.6 Å². The lowest BCUT2D eigenvalue weighted by Gasteiger charge is -2.49. The van der Waals surface area contributed by atoms with Gasteiger partial charge >= 0.3 is 11.9 Å². The molecule has 50 heavy (non-hydrogen) atoms. The Morgan fingerprint density at radius 1 is 0.460 bits per heavy atom. The Hall–Kier alpha value is -4.18. The zero-order valence-corrected chi connectivity index (χ0v) is 30.5. The van der Waals surface area contributed by atoms with Crippen LogP contribution in [0.3, 0.4) is 0 Å². The number of fused-ring (bicyclic) bond motifs is 1. The number of ether oxygens (including phenoxy) is 2. The van der Waals surface area contributed by atoms with E-state index in [0.29, 0.717) is 11.1 Å². The Balaban J connectivity index is 1.56. The van der Waals surface area contributed by atoms with Gasteiger partial charge in [-0.15, -0.1) is 0 Å².